The van der Waals surface area contributed by atoms with E-state index in [1.165, 1.54) is 0 Å². The summed E-state index contributed by atoms with van der Waals surface area (Å²) < 4.78 is 5.22. The largest absolute Gasteiger partial charge is 0.497 e. The van der Waals surface area contributed by atoms with Crippen molar-refractivity contribution >= 4 is 17.5 Å². The number of nitrogens with one attached hydrogen (secondary N) is 2. The Bertz CT molecular complexity index is 629. The number of nitrogens with zero attached hydrogens (tertiary/aromatic N) is 2. The van der Waals surface area contributed by atoms with Gasteiger partial charge in [0, 0.05) is 23.9 Å². The molecule has 1 aromatic heterocycles. The van der Waals surface area contributed by atoms with E-state index < -0.39 is 0 Å². The van der Waals surface area contributed by atoms with Gasteiger partial charge in [0.1, 0.15) is 11.6 Å². The van der Waals surface area contributed by atoms with Gasteiger partial charge in [-0.15, -0.1) is 0 Å². The number of anilines is 3. The highest BCUT2D eigenvalue weighted by atomic mass is 16.5. The summed E-state index contributed by atoms with van der Waals surface area (Å²) in [6.45, 7) is 1.65. The van der Waals surface area contributed by atoms with Crippen LogP contribution in [0.1, 0.15) is 11.3 Å². The van der Waals surface area contributed by atoms with Crippen LogP contribution in [0.2, 0.25) is 0 Å². The summed E-state index contributed by atoms with van der Waals surface area (Å²) in [6, 6.07) is 7.72. The van der Waals surface area contributed by atoms with Crippen molar-refractivity contribution in [1.29, 1.82) is 0 Å². The zero-order valence-corrected chi connectivity index (χ0v) is 11.3. The predicted molar refractivity (Wildman–Crippen MR) is 78.1 cm³/mol. The van der Waals surface area contributed by atoms with Crippen LogP contribution in [0.4, 0.5) is 17.5 Å². The van der Waals surface area contributed by atoms with Gasteiger partial charge in [-0.3, -0.25) is 0 Å². The fourth-order valence-electron chi connectivity index (χ4n) is 2.32. The van der Waals surface area contributed by atoms with Gasteiger partial charge in [0.05, 0.1) is 12.8 Å². The molecule has 20 heavy (non-hydrogen) atoms. The van der Waals surface area contributed by atoms with E-state index >= 15 is 0 Å². The van der Waals surface area contributed by atoms with Crippen LogP contribution in [0.15, 0.2) is 24.3 Å². The van der Waals surface area contributed by atoms with E-state index in [9.17, 15) is 0 Å². The molecule has 1 aliphatic rings. The van der Waals surface area contributed by atoms with Gasteiger partial charge in [-0.05, 0) is 25.1 Å². The summed E-state index contributed by atoms with van der Waals surface area (Å²) in [7, 11) is 1.65. The van der Waals surface area contributed by atoms with E-state index in [2.05, 4.69) is 20.6 Å². The molecule has 0 spiro atoms. The maximum Gasteiger partial charge on any atom is 0.222 e. The number of nitrogens with two attached hydrogens (primary N) is 1. The number of hydrogen-bond donors (Lipinski definition) is 3. The first-order valence-corrected chi connectivity index (χ1v) is 6.53. The second kappa shape index (κ2) is 5.34. The quantitative estimate of drug-likeness (QED) is 0.783. The standard InChI is InChI=1S/C14H17N5O/c1-20-10-4-2-3-9(7-10)17-13-11-5-6-16-8-12(11)18-14(15)19-13/h2-4,7,16H,5-6,8H2,1H3,(H3,15,17,18,19). The van der Waals surface area contributed by atoms with Crippen LogP contribution in [0.25, 0.3) is 0 Å². The van der Waals surface area contributed by atoms with E-state index in [1.54, 1.807) is 7.11 Å². The monoisotopic (exact) mass is 271 g/mol. The molecular weight excluding hydrogens is 254 g/mol. The molecule has 1 aromatic carbocycles. The molecule has 3 rings (SSSR count). The van der Waals surface area contributed by atoms with Gasteiger partial charge in [0.25, 0.3) is 0 Å². The number of nitrogen functional groups attached to an aromatic ring is 1. The lowest BCUT2D eigenvalue weighted by Crippen LogP contribution is -2.26. The first kappa shape index (κ1) is 12.7. The Morgan fingerprint density at radius 1 is 1.35 bits per heavy atom. The predicted octanol–water partition coefficient (Wildman–Crippen LogP) is 1.46. The third kappa shape index (κ3) is 2.50. The molecule has 0 atom stereocenters. The first-order chi connectivity index (χ1) is 9.76. The minimum atomic E-state index is 0.290. The van der Waals surface area contributed by atoms with Gasteiger partial charge in [0.2, 0.25) is 5.95 Å². The lowest BCUT2D eigenvalue weighted by atomic mass is 10.1. The van der Waals surface area contributed by atoms with E-state index in [0.29, 0.717) is 0 Å². The van der Waals surface area contributed by atoms with Crippen molar-refractivity contribution < 1.29 is 4.74 Å². The molecule has 0 bridgehead atoms. The van der Waals surface area contributed by atoms with Crippen molar-refractivity contribution in [2.45, 2.75) is 13.0 Å². The number of methoxy groups -OCH3 is 1. The second-order valence-electron chi connectivity index (χ2n) is 4.64. The Morgan fingerprint density at radius 2 is 2.25 bits per heavy atom. The number of benzene rings is 1. The zero-order chi connectivity index (χ0) is 13.9. The molecule has 0 aliphatic carbocycles. The van der Waals surface area contributed by atoms with E-state index in [0.717, 1.165) is 48.0 Å². The summed E-state index contributed by atoms with van der Waals surface area (Å²) in [6.07, 6.45) is 0.891. The fraction of sp³-hybridized carbons (Fsp3) is 0.286. The molecule has 0 unspecified atom stereocenters. The SMILES string of the molecule is COc1cccc(Nc2nc(N)nc3c2CCNC3)c1. The Morgan fingerprint density at radius 3 is 3.10 bits per heavy atom. The molecule has 0 fully saturated rings. The molecule has 1 aliphatic heterocycles. The van der Waals surface area contributed by atoms with Crippen LogP contribution in [0, 0.1) is 0 Å². The molecule has 2 aromatic rings. The fourth-order valence-corrected chi connectivity index (χ4v) is 2.32. The average molecular weight is 271 g/mol. The molecule has 6 nitrogen and oxygen atoms in total. The normalized spacial score (nSPS) is 13.7. The van der Waals surface area contributed by atoms with Crippen molar-refractivity contribution in [3.8, 4) is 5.75 Å². The topological polar surface area (TPSA) is 85.1 Å². The molecule has 4 N–H and O–H groups in total. The van der Waals surface area contributed by atoms with Gasteiger partial charge in [-0.25, -0.2) is 4.98 Å². The Balaban J connectivity index is 1.95. The molecule has 6 heteroatoms. The molecular formula is C14H17N5O. The summed E-state index contributed by atoms with van der Waals surface area (Å²) in [5.41, 5.74) is 8.79. The van der Waals surface area contributed by atoms with Crippen LogP contribution in [0.3, 0.4) is 0 Å². The zero-order valence-electron chi connectivity index (χ0n) is 11.3. The highest BCUT2D eigenvalue weighted by Crippen LogP contribution is 2.26. The summed E-state index contributed by atoms with van der Waals surface area (Å²) in [5.74, 6) is 1.87. The van der Waals surface area contributed by atoms with Crippen LogP contribution < -0.4 is 21.1 Å². The van der Waals surface area contributed by atoms with E-state index in [4.69, 9.17) is 10.5 Å². The van der Waals surface area contributed by atoms with Crippen LogP contribution in [-0.2, 0) is 13.0 Å². The van der Waals surface area contributed by atoms with Gasteiger partial charge < -0.3 is 21.1 Å². The summed E-state index contributed by atoms with van der Waals surface area (Å²) >= 11 is 0. The van der Waals surface area contributed by atoms with E-state index in [-0.39, 0.29) is 5.95 Å². The molecule has 0 radical (unpaired) electrons. The average Bonchev–Trinajstić information content (AvgIpc) is 2.47. The van der Waals surface area contributed by atoms with Crippen molar-refractivity contribution in [2.75, 3.05) is 24.7 Å². The maximum absolute atomic E-state index is 5.78. The molecule has 0 amide bonds. The van der Waals surface area contributed by atoms with Gasteiger partial charge in [0.15, 0.2) is 0 Å². The summed E-state index contributed by atoms with van der Waals surface area (Å²) in [4.78, 5) is 8.61. The van der Waals surface area contributed by atoms with Crippen molar-refractivity contribution in [3.05, 3.63) is 35.5 Å². The third-order valence-electron chi connectivity index (χ3n) is 3.29. The smallest absolute Gasteiger partial charge is 0.222 e. The van der Waals surface area contributed by atoms with Crippen molar-refractivity contribution in [3.63, 3.8) is 0 Å². The van der Waals surface area contributed by atoms with E-state index in [1.807, 2.05) is 24.3 Å². The molecule has 0 saturated carbocycles. The van der Waals surface area contributed by atoms with Crippen LogP contribution in [0.5, 0.6) is 5.75 Å². The van der Waals surface area contributed by atoms with Gasteiger partial charge >= 0.3 is 0 Å². The molecule has 2 heterocycles. The van der Waals surface area contributed by atoms with Crippen LogP contribution >= 0.6 is 0 Å². The van der Waals surface area contributed by atoms with Crippen molar-refractivity contribution in [1.82, 2.24) is 15.3 Å². The minimum absolute atomic E-state index is 0.290. The van der Waals surface area contributed by atoms with Crippen LogP contribution in [-0.4, -0.2) is 23.6 Å². The van der Waals surface area contributed by atoms with Gasteiger partial charge in [-0.1, -0.05) is 6.07 Å². The lowest BCUT2D eigenvalue weighted by molar-refractivity contribution is 0.415. The highest BCUT2D eigenvalue weighted by molar-refractivity contribution is 5.63. The lowest BCUT2D eigenvalue weighted by Gasteiger charge is -2.20. The number of ether oxygens (including phenoxy) is 1. The molecule has 104 valence electrons. The maximum atomic E-state index is 5.78. The number of aromatic nitrogens is 2. The highest BCUT2D eigenvalue weighted by Gasteiger charge is 2.16. The number of hydrogen-bond acceptors (Lipinski definition) is 6. The third-order valence-corrected chi connectivity index (χ3v) is 3.29. The van der Waals surface area contributed by atoms with Crippen molar-refractivity contribution in [2.24, 2.45) is 0 Å². The Kier molecular flexibility index (Phi) is 3.39. The number of rotatable bonds is 3. The Hall–Kier alpha value is -2.34. The first-order valence-electron chi connectivity index (χ1n) is 6.53. The Labute approximate surface area is 117 Å². The second-order valence-corrected chi connectivity index (χ2v) is 4.64. The van der Waals surface area contributed by atoms with Gasteiger partial charge in [-0.2, -0.15) is 4.98 Å². The molecule has 0 saturated heterocycles. The minimum Gasteiger partial charge on any atom is -0.497 e. The summed E-state index contributed by atoms with van der Waals surface area (Å²) in [5, 5.41) is 6.59. The number of fused-ring (bicyclic) bond motifs is 1.